The number of aryl methyl sites for hydroxylation is 2. The van der Waals surface area contributed by atoms with Crippen LogP contribution in [0.4, 0.5) is 0 Å². The molecule has 0 aliphatic rings. The number of oxime groups is 1. The van der Waals surface area contributed by atoms with Crippen LogP contribution in [0.1, 0.15) is 17.0 Å². The Bertz CT molecular complexity index is 572. The lowest BCUT2D eigenvalue weighted by Crippen LogP contribution is -2.16. The Balaban J connectivity index is 2.67. The number of rotatable bonds is 2. The summed E-state index contributed by atoms with van der Waals surface area (Å²) in [5, 5.41) is 11.8. The number of aromatic nitrogens is 2. The maximum Gasteiger partial charge on any atom is 0.172 e. The summed E-state index contributed by atoms with van der Waals surface area (Å²) in [7, 11) is 0. The summed E-state index contributed by atoms with van der Waals surface area (Å²) in [5.74, 6) is 0.940. The zero-order valence-electron chi connectivity index (χ0n) is 9.75. The Labute approximate surface area is 99.2 Å². The average Bonchev–Trinajstić information content (AvgIpc) is 2.74. The Morgan fingerprint density at radius 1 is 1.41 bits per heavy atom. The number of benzene rings is 1. The van der Waals surface area contributed by atoms with Gasteiger partial charge in [0.1, 0.15) is 5.82 Å². The molecule has 1 aromatic carbocycles. The van der Waals surface area contributed by atoms with Crippen molar-refractivity contribution in [1.82, 2.24) is 9.55 Å². The van der Waals surface area contributed by atoms with Gasteiger partial charge < -0.3 is 15.5 Å². The van der Waals surface area contributed by atoms with Gasteiger partial charge in [-0.2, -0.15) is 0 Å². The molecule has 0 fully saturated rings. The van der Waals surface area contributed by atoms with E-state index in [1.807, 2.05) is 42.8 Å². The minimum Gasteiger partial charge on any atom is -0.409 e. The van der Waals surface area contributed by atoms with Crippen molar-refractivity contribution in [1.29, 1.82) is 0 Å². The van der Waals surface area contributed by atoms with Gasteiger partial charge >= 0.3 is 0 Å². The summed E-state index contributed by atoms with van der Waals surface area (Å²) in [6.45, 7) is 3.89. The first-order chi connectivity index (χ1) is 8.13. The van der Waals surface area contributed by atoms with Crippen LogP contribution in [0.3, 0.4) is 0 Å². The molecule has 0 spiro atoms. The minimum absolute atomic E-state index is 0.0908. The maximum absolute atomic E-state index is 8.79. The summed E-state index contributed by atoms with van der Waals surface area (Å²) in [5.41, 5.74) is 8.30. The van der Waals surface area contributed by atoms with Crippen LogP contribution < -0.4 is 5.73 Å². The molecule has 0 amide bonds. The maximum atomic E-state index is 8.79. The summed E-state index contributed by atoms with van der Waals surface area (Å²) in [6, 6.07) is 5.73. The highest BCUT2D eigenvalue weighted by Gasteiger charge is 2.10. The number of nitrogens with two attached hydrogens (primary N) is 1. The van der Waals surface area contributed by atoms with Crippen LogP contribution in [0.2, 0.25) is 0 Å². The number of amidine groups is 1. The van der Waals surface area contributed by atoms with E-state index in [0.29, 0.717) is 5.56 Å². The van der Waals surface area contributed by atoms with Crippen molar-refractivity contribution in [2.45, 2.75) is 13.8 Å². The van der Waals surface area contributed by atoms with E-state index in [9.17, 15) is 0 Å². The molecule has 17 heavy (non-hydrogen) atoms. The zero-order chi connectivity index (χ0) is 12.4. The highest BCUT2D eigenvalue weighted by molar-refractivity contribution is 6.00. The largest absolute Gasteiger partial charge is 0.409 e. The number of nitrogens with zero attached hydrogens (tertiary/aromatic N) is 3. The van der Waals surface area contributed by atoms with E-state index in [-0.39, 0.29) is 5.84 Å². The number of hydrogen-bond acceptors (Lipinski definition) is 3. The fourth-order valence-electron chi connectivity index (χ4n) is 1.74. The lowest BCUT2D eigenvalue weighted by Gasteiger charge is -2.11. The summed E-state index contributed by atoms with van der Waals surface area (Å²) in [6.07, 6.45) is 3.56. The van der Waals surface area contributed by atoms with Crippen LogP contribution >= 0.6 is 0 Å². The van der Waals surface area contributed by atoms with Gasteiger partial charge in [0.15, 0.2) is 5.84 Å². The minimum atomic E-state index is 0.0908. The van der Waals surface area contributed by atoms with E-state index in [1.165, 1.54) is 0 Å². The number of imidazole rings is 1. The highest BCUT2D eigenvalue weighted by Crippen LogP contribution is 2.18. The molecule has 1 aromatic heterocycles. The monoisotopic (exact) mass is 230 g/mol. The van der Waals surface area contributed by atoms with Crippen LogP contribution in [0.5, 0.6) is 0 Å². The van der Waals surface area contributed by atoms with Gasteiger partial charge in [0.25, 0.3) is 0 Å². The molecule has 2 rings (SSSR count). The predicted octanol–water partition coefficient (Wildman–Crippen LogP) is 1.58. The molecule has 0 atom stereocenters. The smallest absolute Gasteiger partial charge is 0.172 e. The molecule has 0 aliphatic carbocycles. The van der Waals surface area contributed by atoms with E-state index < -0.39 is 0 Å². The van der Waals surface area contributed by atoms with Crippen LogP contribution in [0.25, 0.3) is 5.69 Å². The lowest BCUT2D eigenvalue weighted by atomic mass is 10.1. The van der Waals surface area contributed by atoms with Crippen molar-refractivity contribution in [2.75, 3.05) is 0 Å². The topological polar surface area (TPSA) is 76.4 Å². The molecular weight excluding hydrogens is 216 g/mol. The SMILES string of the molecule is Cc1ccc(/C(N)=N/O)c(-n2ccnc2C)c1. The molecule has 0 unspecified atom stereocenters. The van der Waals surface area contributed by atoms with E-state index in [0.717, 1.165) is 17.1 Å². The van der Waals surface area contributed by atoms with E-state index in [2.05, 4.69) is 10.1 Å². The zero-order valence-corrected chi connectivity index (χ0v) is 9.75. The molecule has 5 heteroatoms. The Hall–Kier alpha value is -2.30. The first-order valence-electron chi connectivity index (χ1n) is 5.22. The second kappa shape index (κ2) is 4.29. The van der Waals surface area contributed by atoms with Gasteiger partial charge in [0.2, 0.25) is 0 Å². The summed E-state index contributed by atoms with van der Waals surface area (Å²) in [4.78, 5) is 4.17. The molecule has 0 bridgehead atoms. The van der Waals surface area contributed by atoms with Crippen LogP contribution in [-0.2, 0) is 0 Å². The predicted molar refractivity (Wildman–Crippen MR) is 65.5 cm³/mol. The standard InChI is InChI=1S/C12H14N4O/c1-8-3-4-10(12(13)15-17)11(7-8)16-6-5-14-9(16)2/h3-7,17H,1-2H3,(H2,13,15). The molecule has 0 saturated heterocycles. The third kappa shape index (κ3) is 1.99. The fraction of sp³-hybridized carbons (Fsp3) is 0.167. The third-order valence-electron chi connectivity index (χ3n) is 2.62. The Morgan fingerprint density at radius 2 is 2.18 bits per heavy atom. The van der Waals surface area contributed by atoms with Gasteiger partial charge in [-0.25, -0.2) is 4.98 Å². The highest BCUT2D eigenvalue weighted by atomic mass is 16.4. The molecule has 0 radical (unpaired) electrons. The molecule has 2 aromatic rings. The summed E-state index contributed by atoms with van der Waals surface area (Å²) >= 11 is 0. The second-order valence-electron chi connectivity index (χ2n) is 3.85. The molecule has 5 nitrogen and oxygen atoms in total. The molecule has 3 N–H and O–H groups in total. The quantitative estimate of drug-likeness (QED) is 0.356. The van der Waals surface area contributed by atoms with Crippen LogP contribution in [-0.4, -0.2) is 20.6 Å². The molecule has 0 saturated carbocycles. The lowest BCUT2D eigenvalue weighted by molar-refractivity contribution is 0.318. The van der Waals surface area contributed by atoms with E-state index in [1.54, 1.807) is 6.20 Å². The van der Waals surface area contributed by atoms with E-state index in [4.69, 9.17) is 10.9 Å². The molecular formula is C12H14N4O. The van der Waals surface area contributed by atoms with Gasteiger partial charge in [-0.1, -0.05) is 11.2 Å². The van der Waals surface area contributed by atoms with Gasteiger partial charge in [-0.05, 0) is 31.5 Å². The van der Waals surface area contributed by atoms with Crippen molar-refractivity contribution >= 4 is 5.84 Å². The van der Waals surface area contributed by atoms with Gasteiger partial charge in [-0.3, -0.25) is 0 Å². The molecule has 0 aliphatic heterocycles. The van der Waals surface area contributed by atoms with Crippen molar-refractivity contribution < 1.29 is 5.21 Å². The molecule has 1 heterocycles. The van der Waals surface area contributed by atoms with Crippen molar-refractivity contribution in [2.24, 2.45) is 10.9 Å². The van der Waals surface area contributed by atoms with E-state index >= 15 is 0 Å². The average molecular weight is 230 g/mol. The second-order valence-corrected chi connectivity index (χ2v) is 3.85. The van der Waals surface area contributed by atoms with Crippen molar-refractivity contribution in [3.63, 3.8) is 0 Å². The Kier molecular flexibility index (Phi) is 2.82. The van der Waals surface area contributed by atoms with Crippen molar-refractivity contribution in [3.05, 3.63) is 47.5 Å². The van der Waals surface area contributed by atoms with Crippen molar-refractivity contribution in [3.8, 4) is 5.69 Å². The van der Waals surface area contributed by atoms with Crippen LogP contribution in [0, 0.1) is 13.8 Å². The normalized spacial score (nSPS) is 11.8. The first kappa shape index (κ1) is 11.2. The van der Waals surface area contributed by atoms with Crippen LogP contribution in [0.15, 0.2) is 35.7 Å². The number of hydrogen-bond donors (Lipinski definition) is 2. The Morgan fingerprint density at radius 3 is 2.76 bits per heavy atom. The van der Waals surface area contributed by atoms with Gasteiger partial charge in [0, 0.05) is 18.0 Å². The third-order valence-corrected chi connectivity index (χ3v) is 2.62. The molecule has 88 valence electrons. The summed E-state index contributed by atoms with van der Waals surface area (Å²) < 4.78 is 1.90. The fourth-order valence-corrected chi connectivity index (χ4v) is 1.74. The van der Waals surface area contributed by atoms with Gasteiger partial charge in [0.05, 0.1) is 5.69 Å². The van der Waals surface area contributed by atoms with Gasteiger partial charge in [-0.15, -0.1) is 0 Å². The first-order valence-corrected chi connectivity index (χ1v) is 5.22.